The van der Waals surface area contributed by atoms with Gasteiger partial charge in [0.2, 0.25) is 0 Å². The maximum absolute atomic E-state index is 11.5. The van der Waals surface area contributed by atoms with Gasteiger partial charge < -0.3 is 20.4 Å². The highest BCUT2D eigenvalue weighted by atomic mass is 16.2. The van der Waals surface area contributed by atoms with Gasteiger partial charge in [0.25, 0.3) is 0 Å². The first-order chi connectivity index (χ1) is 9.29. The minimum atomic E-state index is 0.104. The Morgan fingerprint density at radius 3 is 2.84 bits per heavy atom. The lowest BCUT2D eigenvalue weighted by Crippen LogP contribution is -2.46. The molecule has 2 aliphatic heterocycles. The molecule has 0 radical (unpaired) electrons. The summed E-state index contributed by atoms with van der Waals surface area (Å²) in [6, 6.07) is 0.750. The lowest BCUT2D eigenvalue weighted by molar-refractivity contribution is 0.188. The van der Waals surface area contributed by atoms with Gasteiger partial charge in [-0.1, -0.05) is 13.3 Å². The van der Waals surface area contributed by atoms with Crippen molar-refractivity contribution in [2.24, 2.45) is 0 Å². The van der Waals surface area contributed by atoms with Crippen LogP contribution in [0.3, 0.4) is 0 Å². The van der Waals surface area contributed by atoms with Crippen LogP contribution in [-0.2, 0) is 0 Å². The van der Waals surface area contributed by atoms with E-state index in [0.717, 1.165) is 39.3 Å². The normalized spacial score (nSPS) is 24.0. The second-order valence-corrected chi connectivity index (χ2v) is 5.67. The fourth-order valence-electron chi connectivity index (χ4n) is 2.99. The summed E-state index contributed by atoms with van der Waals surface area (Å²) in [4.78, 5) is 16.0. The number of hydrogen-bond donors (Lipinski definition) is 2. The zero-order valence-electron chi connectivity index (χ0n) is 12.2. The summed E-state index contributed by atoms with van der Waals surface area (Å²) >= 11 is 0. The molecule has 2 amide bonds. The molecule has 110 valence electrons. The predicted octanol–water partition coefficient (Wildman–Crippen LogP) is 0.866. The van der Waals surface area contributed by atoms with E-state index in [1.807, 2.05) is 4.90 Å². The van der Waals surface area contributed by atoms with Crippen molar-refractivity contribution >= 4 is 6.03 Å². The van der Waals surface area contributed by atoms with Crippen LogP contribution in [0.15, 0.2) is 0 Å². The molecule has 0 spiro atoms. The molecule has 5 heteroatoms. The maximum Gasteiger partial charge on any atom is 0.317 e. The van der Waals surface area contributed by atoms with Crippen LogP contribution < -0.4 is 10.6 Å². The van der Waals surface area contributed by atoms with E-state index >= 15 is 0 Å². The summed E-state index contributed by atoms with van der Waals surface area (Å²) in [5.74, 6) is 0. The minimum Gasteiger partial charge on any atom is -0.336 e. The van der Waals surface area contributed by atoms with Gasteiger partial charge in [0.1, 0.15) is 0 Å². The monoisotopic (exact) mass is 268 g/mol. The first kappa shape index (κ1) is 14.6. The van der Waals surface area contributed by atoms with E-state index in [4.69, 9.17) is 0 Å². The van der Waals surface area contributed by atoms with Crippen molar-refractivity contribution in [1.29, 1.82) is 0 Å². The van der Waals surface area contributed by atoms with Crippen LogP contribution in [0.25, 0.3) is 0 Å². The zero-order chi connectivity index (χ0) is 13.5. The lowest BCUT2D eigenvalue weighted by atomic mass is 10.0. The average Bonchev–Trinajstić information content (AvgIpc) is 2.83. The molecule has 2 aliphatic rings. The second-order valence-electron chi connectivity index (χ2n) is 5.67. The molecule has 2 rings (SSSR count). The quantitative estimate of drug-likeness (QED) is 0.720. The average molecular weight is 268 g/mol. The Balaban J connectivity index is 1.73. The summed E-state index contributed by atoms with van der Waals surface area (Å²) in [5, 5.41) is 6.47. The van der Waals surface area contributed by atoms with Crippen LogP contribution in [0, 0.1) is 0 Å². The zero-order valence-corrected chi connectivity index (χ0v) is 12.2. The van der Waals surface area contributed by atoms with Crippen molar-refractivity contribution in [3.05, 3.63) is 0 Å². The van der Waals surface area contributed by atoms with Crippen molar-refractivity contribution in [3.63, 3.8) is 0 Å². The van der Waals surface area contributed by atoms with Gasteiger partial charge in [0, 0.05) is 38.8 Å². The first-order valence-corrected chi connectivity index (χ1v) is 7.78. The van der Waals surface area contributed by atoms with Gasteiger partial charge in [0.15, 0.2) is 0 Å². The van der Waals surface area contributed by atoms with Gasteiger partial charge >= 0.3 is 6.03 Å². The number of nitrogens with one attached hydrogen (secondary N) is 2. The Morgan fingerprint density at radius 2 is 2.21 bits per heavy atom. The Hall–Kier alpha value is -0.810. The number of carbonyl (C=O) groups is 1. The summed E-state index contributed by atoms with van der Waals surface area (Å²) in [5.41, 5.74) is 0. The standard InChI is InChI=1S/C14H28N4O/c1-2-8-17(12-13-5-3-4-6-15-13)10-11-18-9-7-16-14(18)19/h13,15H,2-12H2,1H3,(H,16,19). The van der Waals surface area contributed by atoms with Crippen LogP contribution in [0.5, 0.6) is 0 Å². The third kappa shape index (κ3) is 4.66. The van der Waals surface area contributed by atoms with E-state index in [1.165, 1.54) is 32.2 Å². The molecular weight excluding hydrogens is 240 g/mol. The van der Waals surface area contributed by atoms with Gasteiger partial charge in [-0.15, -0.1) is 0 Å². The second kappa shape index (κ2) is 7.70. The molecule has 19 heavy (non-hydrogen) atoms. The summed E-state index contributed by atoms with van der Waals surface area (Å²) in [7, 11) is 0. The lowest BCUT2D eigenvalue weighted by Gasteiger charge is -2.31. The molecule has 0 saturated carbocycles. The first-order valence-electron chi connectivity index (χ1n) is 7.78. The molecule has 0 aliphatic carbocycles. The van der Waals surface area contributed by atoms with E-state index in [0.29, 0.717) is 6.04 Å². The molecule has 2 saturated heterocycles. The van der Waals surface area contributed by atoms with Gasteiger partial charge in [-0.2, -0.15) is 0 Å². The molecule has 1 atom stereocenters. The Kier molecular flexibility index (Phi) is 5.92. The number of hydrogen-bond acceptors (Lipinski definition) is 3. The summed E-state index contributed by atoms with van der Waals surface area (Å²) < 4.78 is 0. The summed E-state index contributed by atoms with van der Waals surface area (Å²) in [6.45, 7) is 9.18. The van der Waals surface area contributed by atoms with Crippen LogP contribution in [0.2, 0.25) is 0 Å². The number of piperidine rings is 1. The Labute approximate surface area is 116 Å². The smallest absolute Gasteiger partial charge is 0.317 e. The van der Waals surface area contributed by atoms with Gasteiger partial charge in [-0.25, -0.2) is 4.79 Å². The van der Waals surface area contributed by atoms with E-state index in [-0.39, 0.29) is 6.03 Å². The van der Waals surface area contributed by atoms with E-state index in [9.17, 15) is 4.79 Å². The number of amides is 2. The van der Waals surface area contributed by atoms with Crippen LogP contribution >= 0.6 is 0 Å². The fraction of sp³-hybridized carbons (Fsp3) is 0.929. The molecule has 2 fully saturated rings. The maximum atomic E-state index is 11.5. The largest absolute Gasteiger partial charge is 0.336 e. The molecule has 1 unspecified atom stereocenters. The van der Waals surface area contributed by atoms with Crippen LogP contribution in [-0.4, -0.2) is 67.7 Å². The topological polar surface area (TPSA) is 47.6 Å². The molecular formula is C14H28N4O. The van der Waals surface area contributed by atoms with Crippen molar-refractivity contribution in [2.45, 2.75) is 38.6 Å². The van der Waals surface area contributed by atoms with Crippen LogP contribution in [0.4, 0.5) is 4.79 Å². The number of rotatable bonds is 7. The van der Waals surface area contributed by atoms with E-state index in [1.54, 1.807) is 0 Å². The van der Waals surface area contributed by atoms with Crippen molar-refractivity contribution in [1.82, 2.24) is 20.4 Å². The molecule has 0 aromatic carbocycles. The highest BCUT2D eigenvalue weighted by Crippen LogP contribution is 2.09. The predicted molar refractivity (Wildman–Crippen MR) is 77.3 cm³/mol. The van der Waals surface area contributed by atoms with E-state index in [2.05, 4.69) is 22.5 Å². The minimum absolute atomic E-state index is 0.104. The highest BCUT2D eigenvalue weighted by Gasteiger charge is 2.21. The third-order valence-corrected chi connectivity index (χ3v) is 4.06. The number of carbonyl (C=O) groups excluding carboxylic acids is 1. The van der Waals surface area contributed by atoms with Crippen molar-refractivity contribution in [3.8, 4) is 0 Å². The molecule has 2 N–H and O–H groups in total. The SMILES string of the molecule is CCCN(CCN1CCNC1=O)CC1CCCCN1. The molecule has 0 bridgehead atoms. The van der Waals surface area contributed by atoms with Crippen molar-refractivity contribution < 1.29 is 4.79 Å². The number of urea groups is 1. The fourth-order valence-corrected chi connectivity index (χ4v) is 2.99. The third-order valence-electron chi connectivity index (χ3n) is 4.06. The molecule has 5 nitrogen and oxygen atoms in total. The summed E-state index contributed by atoms with van der Waals surface area (Å²) in [6.07, 6.45) is 5.15. The highest BCUT2D eigenvalue weighted by molar-refractivity contribution is 5.76. The van der Waals surface area contributed by atoms with E-state index < -0.39 is 0 Å². The molecule has 2 heterocycles. The number of nitrogens with zero attached hydrogens (tertiary/aromatic N) is 2. The van der Waals surface area contributed by atoms with Crippen molar-refractivity contribution in [2.75, 3.05) is 45.8 Å². The van der Waals surface area contributed by atoms with Gasteiger partial charge in [-0.05, 0) is 32.4 Å². The Bertz CT molecular complexity index is 279. The van der Waals surface area contributed by atoms with Gasteiger partial charge in [-0.3, -0.25) is 0 Å². The Morgan fingerprint density at radius 1 is 1.32 bits per heavy atom. The molecule has 0 aromatic rings. The van der Waals surface area contributed by atoms with Gasteiger partial charge in [0.05, 0.1) is 0 Å². The van der Waals surface area contributed by atoms with Crippen LogP contribution in [0.1, 0.15) is 32.6 Å². The molecule has 0 aromatic heterocycles.